The van der Waals surface area contributed by atoms with Gasteiger partial charge in [-0.1, -0.05) is 0 Å². The number of aromatic nitrogens is 1. The number of oxazole rings is 1. The van der Waals surface area contributed by atoms with Crippen LogP contribution < -0.4 is 11.5 Å². The highest BCUT2D eigenvalue weighted by Gasteiger charge is 2.32. The molecule has 1 fully saturated rings. The molecule has 9 heteroatoms. The van der Waals surface area contributed by atoms with E-state index in [1.54, 1.807) is 6.07 Å². The fraction of sp³-hybridized carbons (Fsp3) is 0.500. The maximum Gasteiger partial charge on any atom is 0.420 e. The zero-order chi connectivity index (χ0) is 18.4. The van der Waals surface area contributed by atoms with Gasteiger partial charge in [0.25, 0.3) is 0 Å². The number of nitrogens with zero attached hydrogens (tertiary/aromatic N) is 2. The summed E-state index contributed by atoms with van der Waals surface area (Å²) in [6.45, 7) is 4.10. The summed E-state index contributed by atoms with van der Waals surface area (Å²) in [7, 11) is -3.79. The minimum Gasteiger partial charge on any atom is -0.408 e. The van der Waals surface area contributed by atoms with Crippen LogP contribution in [0.4, 0.5) is 0 Å². The van der Waals surface area contributed by atoms with E-state index in [1.807, 2.05) is 13.8 Å². The summed E-state index contributed by atoms with van der Waals surface area (Å²) in [6.07, 6.45) is 1.17. The van der Waals surface area contributed by atoms with Crippen molar-refractivity contribution >= 4 is 27.0 Å². The van der Waals surface area contributed by atoms with Crippen molar-refractivity contribution in [3.05, 3.63) is 28.7 Å². The van der Waals surface area contributed by atoms with E-state index in [-0.39, 0.29) is 23.1 Å². The van der Waals surface area contributed by atoms with E-state index < -0.39 is 27.6 Å². The number of hydrogen-bond acceptors (Lipinski definition) is 5. The first-order valence-corrected chi connectivity index (χ1v) is 9.60. The molecule has 8 nitrogen and oxygen atoms in total. The van der Waals surface area contributed by atoms with Crippen molar-refractivity contribution in [3.63, 3.8) is 0 Å². The number of amides is 1. The lowest BCUT2D eigenvalue weighted by molar-refractivity contribution is -0.122. The Bertz CT molecular complexity index is 973. The average molecular weight is 367 g/mol. The second kappa shape index (κ2) is 6.30. The summed E-state index contributed by atoms with van der Waals surface area (Å²) >= 11 is 0. The van der Waals surface area contributed by atoms with Gasteiger partial charge in [0, 0.05) is 25.2 Å². The molecule has 136 valence electrons. The van der Waals surface area contributed by atoms with E-state index in [2.05, 4.69) is 0 Å². The third kappa shape index (κ3) is 3.09. The first-order chi connectivity index (χ1) is 11.7. The van der Waals surface area contributed by atoms with Crippen molar-refractivity contribution in [2.45, 2.75) is 37.6 Å². The van der Waals surface area contributed by atoms with Gasteiger partial charge in [0.2, 0.25) is 15.9 Å². The number of piperidine rings is 1. The Morgan fingerprint density at radius 2 is 2.08 bits per heavy atom. The third-order valence-corrected chi connectivity index (χ3v) is 6.39. The summed E-state index contributed by atoms with van der Waals surface area (Å²) < 4.78 is 33.7. The Morgan fingerprint density at radius 1 is 1.36 bits per heavy atom. The van der Waals surface area contributed by atoms with Gasteiger partial charge in [0.1, 0.15) is 0 Å². The number of hydrogen-bond donors (Lipinski definition) is 1. The SMILES string of the molecule is CC(C)n1c(=O)oc2cc(S(=O)(=O)N3CCC[C@@H](C(N)=O)C3)ccc21. The first kappa shape index (κ1) is 17.7. The predicted octanol–water partition coefficient (Wildman–Crippen LogP) is 1.06. The van der Waals surface area contributed by atoms with Crippen LogP contribution in [0.3, 0.4) is 0 Å². The Hall–Kier alpha value is -2.13. The molecule has 0 saturated carbocycles. The van der Waals surface area contributed by atoms with Crippen LogP contribution in [0.15, 0.2) is 32.3 Å². The van der Waals surface area contributed by atoms with E-state index in [0.29, 0.717) is 24.9 Å². The molecule has 1 aromatic carbocycles. The highest BCUT2D eigenvalue weighted by Crippen LogP contribution is 2.26. The fourth-order valence-corrected chi connectivity index (χ4v) is 4.75. The Balaban J connectivity index is 2.00. The van der Waals surface area contributed by atoms with Crippen LogP contribution in [0, 0.1) is 5.92 Å². The highest BCUT2D eigenvalue weighted by atomic mass is 32.2. The van der Waals surface area contributed by atoms with Crippen LogP contribution >= 0.6 is 0 Å². The van der Waals surface area contributed by atoms with E-state index in [1.165, 1.54) is 21.0 Å². The topological polar surface area (TPSA) is 116 Å². The largest absolute Gasteiger partial charge is 0.420 e. The molecule has 2 N–H and O–H groups in total. The Kier molecular flexibility index (Phi) is 4.46. The third-order valence-electron chi connectivity index (χ3n) is 4.53. The minimum atomic E-state index is -3.79. The van der Waals surface area contributed by atoms with E-state index in [4.69, 9.17) is 10.2 Å². The number of fused-ring (bicyclic) bond motifs is 1. The molecular formula is C16H21N3O5S. The van der Waals surface area contributed by atoms with Crippen LogP contribution in [0.1, 0.15) is 32.7 Å². The molecule has 1 saturated heterocycles. The van der Waals surface area contributed by atoms with Gasteiger partial charge in [-0.05, 0) is 38.8 Å². The van der Waals surface area contributed by atoms with Gasteiger partial charge < -0.3 is 10.2 Å². The summed E-state index contributed by atoms with van der Waals surface area (Å²) in [5, 5.41) is 0. The molecule has 0 radical (unpaired) electrons. The lowest BCUT2D eigenvalue weighted by atomic mass is 9.99. The Morgan fingerprint density at radius 3 is 2.72 bits per heavy atom. The standard InChI is InChI=1S/C16H21N3O5S/c1-10(2)19-13-6-5-12(8-14(13)24-16(19)21)25(22,23)18-7-3-4-11(9-18)15(17)20/h5-6,8,10-11H,3-4,7,9H2,1-2H3,(H2,17,20)/t11-/m1/s1. The van der Waals surface area contributed by atoms with Crippen LogP contribution in [0.5, 0.6) is 0 Å². The van der Waals surface area contributed by atoms with Crippen LogP contribution in [-0.4, -0.2) is 36.3 Å². The number of benzene rings is 1. The molecule has 1 amide bonds. The lowest BCUT2D eigenvalue weighted by Gasteiger charge is -2.30. The number of primary amides is 1. The van der Waals surface area contributed by atoms with Gasteiger partial charge in [-0.25, -0.2) is 13.2 Å². The molecule has 1 aliphatic heterocycles. The molecule has 0 bridgehead atoms. The second-order valence-corrected chi connectivity index (χ2v) is 8.50. The lowest BCUT2D eigenvalue weighted by Crippen LogP contribution is -2.44. The van der Waals surface area contributed by atoms with Gasteiger partial charge >= 0.3 is 5.76 Å². The maximum atomic E-state index is 12.9. The number of carbonyl (C=O) groups is 1. The van der Waals surface area contributed by atoms with E-state index in [0.717, 1.165) is 0 Å². The molecule has 25 heavy (non-hydrogen) atoms. The molecule has 1 aromatic heterocycles. The minimum absolute atomic E-state index is 0.0368. The normalized spacial score (nSPS) is 19.6. The average Bonchev–Trinajstić information content (AvgIpc) is 2.89. The maximum absolute atomic E-state index is 12.9. The van der Waals surface area contributed by atoms with Crippen molar-refractivity contribution in [3.8, 4) is 0 Å². The monoisotopic (exact) mass is 367 g/mol. The zero-order valence-electron chi connectivity index (χ0n) is 14.1. The second-order valence-electron chi connectivity index (χ2n) is 6.57. The van der Waals surface area contributed by atoms with E-state index >= 15 is 0 Å². The Labute approximate surface area is 145 Å². The van der Waals surface area contributed by atoms with Crippen LogP contribution in [0.2, 0.25) is 0 Å². The number of rotatable bonds is 4. The van der Waals surface area contributed by atoms with Gasteiger partial charge in [0.05, 0.1) is 16.3 Å². The quantitative estimate of drug-likeness (QED) is 0.867. The molecule has 0 unspecified atom stereocenters. The zero-order valence-corrected chi connectivity index (χ0v) is 15.0. The smallest absolute Gasteiger partial charge is 0.408 e. The molecule has 2 aromatic rings. The highest BCUT2D eigenvalue weighted by molar-refractivity contribution is 7.89. The fourth-order valence-electron chi connectivity index (χ4n) is 3.21. The predicted molar refractivity (Wildman–Crippen MR) is 91.5 cm³/mol. The first-order valence-electron chi connectivity index (χ1n) is 8.16. The van der Waals surface area contributed by atoms with Gasteiger partial charge in [-0.2, -0.15) is 4.31 Å². The van der Waals surface area contributed by atoms with Crippen molar-refractivity contribution in [2.24, 2.45) is 11.7 Å². The van der Waals surface area contributed by atoms with E-state index in [9.17, 15) is 18.0 Å². The van der Waals surface area contributed by atoms with Crippen molar-refractivity contribution in [2.75, 3.05) is 13.1 Å². The molecule has 1 aliphatic rings. The number of nitrogens with two attached hydrogens (primary N) is 1. The van der Waals surface area contributed by atoms with Gasteiger partial charge in [-0.15, -0.1) is 0 Å². The molecule has 3 rings (SSSR count). The van der Waals surface area contributed by atoms with Crippen LogP contribution in [0.25, 0.3) is 11.1 Å². The molecule has 0 aliphatic carbocycles. The van der Waals surface area contributed by atoms with Crippen LogP contribution in [-0.2, 0) is 14.8 Å². The van der Waals surface area contributed by atoms with Crippen molar-refractivity contribution < 1.29 is 17.6 Å². The van der Waals surface area contributed by atoms with Crippen molar-refractivity contribution in [1.82, 2.24) is 8.87 Å². The number of sulfonamides is 1. The van der Waals surface area contributed by atoms with Gasteiger partial charge in [-0.3, -0.25) is 9.36 Å². The summed E-state index contributed by atoms with van der Waals surface area (Å²) in [5.74, 6) is -1.49. The summed E-state index contributed by atoms with van der Waals surface area (Å²) in [5.41, 5.74) is 6.09. The van der Waals surface area contributed by atoms with Gasteiger partial charge in [0.15, 0.2) is 5.58 Å². The summed E-state index contributed by atoms with van der Waals surface area (Å²) in [6, 6.07) is 4.29. The summed E-state index contributed by atoms with van der Waals surface area (Å²) in [4.78, 5) is 23.4. The molecule has 1 atom stereocenters. The van der Waals surface area contributed by atoms with Crippen molar-refractivity contribution in [1.29, 1.82) is 0 Å². The number of carbonyl (C=O) groups excluding carboxylic acids is 1. The molecule has 0 spiro atoms. The molecule has 2 heterocycles. The molecular weight excluding hydrogens is 346 g/mol.